The summed E-state index contributed by atoms with van der Waals surface area (Å²) in [5.41, 5.74) is -1.03. The normalized spacial score (nSPS) is 11.6. The third-order valence-electron chi connectivity index (χ3n) is 2.96. The van der Waals surface area contributed by atoms with Gasteiger partial charge in [0.05, 0.1) is 17.9 Å². The highest BCUT2D eigenvalue weighted by Gasteiger charge is 2.36. The number of benzene rings is 1. The van der Waals surface area contributed by atoms with Crippen LogP contribution in [0.2, 0.25) is 0 Å². The first-order valence-electron chi connectivity index (χ1n) is 6.66. The fourth-order valence-corrected chi connectivity index (χ4v) is 2.12. The summed E-state index contributed by atoms with van der Waals surface area (Å²) in [5, 5.41) is 2.36. The summed E-state index contributed by atoms with van der Waals surface area (Å²) in [6.45, 7) is 2.65. The van der Waals surface area contributed by atoms with Gasteiger partial charge < -0.3 is 5.32 Å². The van der Waals surface area contributed by atoms with Crippen LogP contribution in [0.15, 0.2) is 30.4 Å². The largest absolute Gasteiger partial charge is 0.418 e. The van der Waals surface area contributed by atoms with Gasteiger partial charge in [-0.2, -0.15) is 13.2 Å². The van der Waals surface area contributed by atoms with Crippen LogP contribution in [0, 0.1) is 6.92 Å². The number of allylic oxidation sites excluding steroid dienone is 1. The van der Waals surface area contributed by atoms with Crippen molar-refractivity contribution in [3.63, 3.8) is 0 Å². The number of amides is 2. The molecule has 126 valence electrons. The van der Waals surface area contributed by atoms with Crippen molar-refractivity contribution in [1.82, 2.24) is 5.32 Å². The topological polar surface area (TPSA) is 49.4 Å². The molecule has 0 aliphatic heterocycles. The second kappa shape index (κ2) is 8.01. The molecule has 0 fully saturated rings. The maximum atomic E-state index is 13.2. The second-order valence-electron chi connectivity index (χ2n) is 4.62. The predicted octanol–water partition coefficient (Wildman–Crippen LogP) is 3.24. The average molecular weight is 349 g/mol. The third kappa shape index (κ3) is 4.99. The number of hydrogen-bond donors (Lipinski definition) is 1. The van der Waals surface area contributed by atoms with E-state index in [2.05, 4.69) is 5.32 Å². The van der Waals surface area contributed by atoms with E-state index in [4.69, 9.17) is 11.6 Å². The van der Waals surface area contributed by atoms with Gasteiger partial charge in [-0.3, -0.25) is 14.5 Å². The highest BCUT2D eigenvalue weighted by molar-refractivity contribution is 6.29. The zero-order valence-electron chi connectivity index (χ0n) is 12.6. The van der Waals surface area contributed by atoms with Crippen molar-refractivity contribution in [2.24, 2.45) is 0 Å². The Morgan fingerprint density at radius 3 is 2.52 bits per heavy atom. The van der Waals surface area contributed by atoms with E-state index in [1.54, 1.807) is 6.92 Å². The van der Waals surface area contributed by atoms with Gasteiger partial charge in [0.25, 0.3) is 0 Å². The number of alkyl halides is 4. The van der Waals surface area contributed by atoms with E-state index >= 15 is 0 Å². The summed E-state index contributed by atoms with van der Waals surface area (Å²) < 4.78 is 39.6. The first-order valence-corrected chi connectivity index (χ1v) is 7.19. The summed E-state index contributed by atoms with van der Waals surface area (Å²) in [6, 6.07) is 3.58. The van der Waals surface area contributed by atoms with Crippen LogP contribution in [0.1, 0.15) is 18.1 Å². The summed E-state index contributed by atoms with van der Waals surface area (Å²) in [6.07, 6.45) is -1.97. The fraction of sp³-hybridized carbons (Fsp3) is 0.333. The number of hydrogen-bond acceptors (Lipinski definition) is 2. The van der Waals surface area contributed by atoms with Gasteiger partial charge in [-0.15, -0.1) is 11.6 Å². The number of rotatable bonds is 5. The average Bonchev–Trinajstić information content (AvgIpc) is 2.47. The van der Waals surface area contributed by atoms with Gasteiger partial charge >= 0.3 is 6.18 Å². The maximum Gasteiger partial charge on any atom is 0.418 e. The van der Waals surface area contributed by atoms with Gasteiger partial charge in [0.1, 0.15) is 5.88 Å². The number of para-hydroxylation sites is 1. The van der Waals surface area contributed by atoms with E-state index in [9.17, 15) is 22.8 Å². The highest BCUT2D eigenvalue weighted by atomic mass is 35.5. The molecule has 1 aromatic rings. The molecule has 0 aromatic heterocycles. The molecule has 0 saturated carbocycles. The lowest BCUT2D eigenvalue weighted by Crippen LogP contribution is -2.43. The Bertz CT molecular complexity index is 615. The molecule has 1 aromatic carbocycles. The van der Waals surface area contributed by atoms with Crippen LogP contribution in [0.4, 0.5) is 18.9 Å². The van der Waals surface area contributed by atoms with Crippen LogP contribution >= 0.6 is 11.6 Å². The minimum absolute atomic E-state index is 0.249. The molecule has 0 bridgehead atoms. The van der Waals surface area contributed by atoms with E-state index in [0.717, 1.165) is 11.0 Å². The van der Waals surface area contributed by atoms with Crippen LogP contribution in [-0.2, 0) is 15.8 Å². The molecule has 1 N–H and O–H groups in total. The van der Waals surface area contributed by atoms with E-state index < -0.39 is 36.1 Å². The van der Waals surface area contributed by atoms with Crippen molar-refractivity contribution in [3.8, 4) is 0 Å². The summed E-state index contributed by atoms with van der Waals surface area (Å²) in [4.78, 5) is 24.3. The van der Waals surface area contributed by atoms with Gasteiger partial charge in [0, 0.05) is 0 Å². The van der Waals surface area contributed by atoms with E-state index in [-0.39, 0.29) is 11.3 Å². The molecule has 0 atom stereocenters. The number of nitrogens with zero attached hydrogens (tertiary/aromatic N) is 1. The number of nitrogens with one attached hydrogen (secondary N) is 1. The molecule has 1 rings (SSSR count). The molecule has 0 aliphatic rings. The molecule has 0 heterocycles. The van der Waals surface area contributed by atoms with Crippen molar-refractivity contribution >= 4 is 29.1 Å². The Morgan fingerprint density at radius 2 is 2.00 bits per heavy atom. The Kier molecular flexibility index (Phi) is 6.62. The fourth-order valence-electron chi connectivity index (χ4n) is 1.98. The number of anilines is 1. The molecule has 0 saturated heterocycles. The van der Waals surface area contributed by atoms with Crippen LogP contribution in [-0.4, -0.2) is 24.4 Å². The van der Waals surface area contributed by atoms with Gasteiger partial charge in [0.2, 0.25) is 11.8 Å². The first kappa shape index (κ1) is 19.0. The molecule has 0 spiro atoms. The van der Waals surface area contributed by atoms with Gasteiger partial charge in [-0.1, -0.05) is 18.2 Å². The van der Waals surface area contributed by atoms with E-state index in [1.165, 1.54) is 31.2 Å². The predicted molar refractivity (Wildman–Crippen MR) is 82.2 cm³/mol. The summed E-state index contributed by atoms with van der Waals surface area (Å²) in [7, 11) is 0. The molecule has 4 nitrogen and oxygen atoms in total. The molecule has 0 radical (unpaired) electrons. The Labute approximate surface area is 136 Å². The van der Waals surface area contributed by atoms with Gasteiger partial charge in [-0.05, 0) is 31.6 Å². The maximum absolute atomic E-state index is 13.2. The molecule has 0 unspecified atom stereocenters. The molecule has 2 amide bonds. The van der Waals surface area contributed by atoms with Crippen molar-refractivity contribution in [3.05, 3.63) is 41.5 Å². The minimum Gasteiger partial charge on any atom is -0.335 e. The quantitative estimate of drug-likeness (QED) is 0.504. The Morgan fingerprint density at radius 1 is 1.35 bits per heavy atom. The summed E-state index contributed by atoms with van der Waals surface area (Å²) in [5.74, 6) is -1.78. The highest BCUT2D eigenvalue weighted by Crippen LogP contribution is 2.38. The number of carbonyl (C=O) groups is 2. The third-order valence-corrected chi connectivity index (χ3v) is 3.19. The van der Waals surface area contributed by atoms with Crippen LogP contribution in [0.25, 0.3) is 0 Å². The zero-order valence-corrected chi connectivity index (χ0v) is 13.3. The monoisotopic (exact) mass is 348 g/mol. The number of carbonyl (C=O) groups excluding carboxylic acids is 2. The van der Waals surface area contributed by atoms with Crippen LogP contribution in [0.3, 0.4) is 0 Å². The molecular formula is C15H16ClF3N2O2. The number of aryl methyl sites for hydroxylation is 1. The van der Waals surface area contributed by atoms with Crippen molar-refractivity contribution in [2.75, 3.05) is 17.4 Å². The lowest BCUT2D eigenvalue weighted by atomic mass is 10.1. The lowest BCUT2D eigenvalue weighted by molar-refractivity contribution is -0.137. The van der Waals surface area contributed by atoms with Gasteiger partial charge in [0.15, 0.2) is 0 Å². The second-order valence-corrected chi connectivity index (χ2v) is 4.89. The molecule has 23 heavy (non-hydrogen) atoms. The number of halogens is 4. The molecule has 8 heteroatoms. The van der Waals surface area contributed by atoms with Crippen LogP contribution in [0.5, 0.6) is 0 Å². The van der Waals surface area contributed by atoms with Gasteiger partial charge in [-0.25, -0.2) is 0 Å². The zero-order chi connectivity index (χ0) is 17.6. The smallest absolute Gasteiger partial charge is 0.335 e. The lowest BCUT2D eigenvalue weighted by Gasteiger charge is -2.27. The standard InChI is InChI=1S/C15H16ClF3N2O2/c1-3-5-12(22)20-9-21(13(23)8-16)14-10(2)6-4-7-11(14)15(17,18)19/h3-7H,8-9H2,1-2H3,(H,20,22). The SMILES string of the molecule is CC=CC(=O)NCN(C(=O)CCl)c1c(C)cccc1C(F)(F)F. The molecular weight excluding hydrogens is 333 g/mol. The first-order chi connectivity index (χ1) is 10.7. The van der Waals surface area contributed by atoms with E-state index in [1.807, 2.05) is 0 Å². The van der Waals surface area contributed by atoms with Crippen molar-refractivity contribution < 1.29 is 22.8 Å². The van der Waals surface area contributed by atoms with Crippen molar-refractivity contribution in [2.45, 2.75) is 20.0 Å². The summed E-state index contributed by atoms with van der Waals surface area (Å²) >= 11 is 5.49. The van der Waals surface area contributed by atoms with E-state index in [0.29, 0.717) is 0 Å². The Hall–Kier alpha value is -2.02. The minimum atomic E-state index is -4.64. The Balaban J connectivity index is 3.28. The van der Waals surface area contributed by atoms with Crippen LogP contribution < -0.4 is 10.2 Å². The molecule has 0 aliphatic carbocycles. The van der Waals surface area contributed by atoms with Crippen molar-refractivity contribution in [1.29, 1.82) is 0 Å².